The molecule has 0 spiro atoms. The van der Waals surface area contributed by atoms with Gasteiger partial charge in [0.15, 0.2) is 0 Å². The lowest BCUT2D eigenvalue weighted by atomic mass is 10.2. The van der Waals surface area contributed by atoms with Gasteiger partial charge in [-0.1, -0.05) is 30.3 Å². The van der Waals surface area contributed by atoms with E-state index in [0.29, 0.717) is 0 Å². The lowest BCUT2D eigenvalue weighted by Crippen LogP contribution is -2.37. The zero-order chi connectivity index (χ0) is 20.5. The number of rotatable bonds is 4. The number of hydrogen-bond donors (Lipinski definition) is 1. The molecular weight excluding hydrogens is 390 g/mol. The molecule has 0 saturated carbocycles. The van der Waals surface area contributed by atoms with Crippen LogP contribution < -0.4 is 16.6 Å². The molecule has 0 saturated heterocycles. The molecule has 9 heteroatoms. The number of nitrogens with one attached hydrogen (secondary N) is 1. The van der Waals surface area contributed by atoms with Gasteiger partial charge in [0.25, 0.3) is 11.5 Å². The van der Waals surface area contributed by atoms with E-state index < -0.39 is 11.2 Å². The van der Waals surface area contributed by atoms with Crippen molar-refractivity contribution in [2.24, 2.45) is 14.1 Å². The summed E-state index contributed by atoms with van der Waals surface area (Å²) in [4.78, 5) is 45.6. The number of amides is 1. The highest BCUT2D eigenvalue weighted by atomic mass is 32.1. The molecule has 3 aromatic heterocycles. The molecule has 1 aromatic carbocycles. The van der Waals surface area contributed by atoms with E-state index in [1.807, 2.05) is 35.7 Å². The van der Waals surface area contributed by atoms with Crippen LogP contribution in [0.4, 0.5) is 0 Å². The van der Waals surface area contributed by atoms with Gasteiger partial charge in [-0.15, -0.1) is 11.3 Å². The summed E-state index contributed by atoms with van der Waals surface area (Å²) in [6, 6.07) is 11.3. The standard InChI is InChI=1S/C20H17N5O3S/c1-24-16-15(19(27)25(2)20(24)28)8-13(9-21-16)17(26)22-10-14-11-29-18(23-14)12-6-4-3-5-7-12/h3-9,11H,10H2,1-2H3,(H,22,26). The first-order valence-corrected chi connectivity index (χ1v) is 9.67. The Hall–Kier alpha value is -3.59. The first-order chi connectivity index (χ1) is 14.0. The van der Waals surface area contributed by atoms with Crippen molar-refractivity contribution in [1.82, 2.24) is 24.4 Å². The molecule has 4 rings (SSSR count). The molecule has 1 N–H and O–H groups in total. The van der Waals surface area contributed by atoms with E-state index in [-0.39, 0.29) is 29.0 Å². The van der Waals surface area contributed by atoms with Gasteiger partial charge in [-0.25, -0.2) is 14.8 Å². The summed E-state index contributed by atoms with van der Waals surface area (Å²) in [6.45, 7) is 0.255. The fourth-order valence-electron chi connectivity index (χ4n) is 2.96. The van der Waals surface area contributed by atoms with Gasteiger partial charge in [0.05, 0.1) is 23.2 Å². The highest BCUT2D eigenvalue weighted by Gasteiger charge is 2.14. The van der Waals surface area contributed by atoms with Crippen molar-refractivity contribution in [2.45, 2.75) is 6.54 Å². The Balaban J connectivity index is 1.55. The van der Waals surface area contributed by atoms with Crippen LogP contribution in [0, 0.1) is 0 Å². The van der Waals surface area contributed by atoms with Crippen LogP contribution in [0.3, 0.4) is 0 Å². The van der Waals surface area contributed by atoms with Crippen molar-refractivity contribution >= 4 is 28.3 Å². The number of nitrogens with zero attached hydrogens (tertiary/aromatic N) is 4. The molecule has 8 nitrogen and oxygen atoms in total. The molecular formula is C20H17N5O3S. The number of pyridine rings is 1. The van der Waals surface area contributed by atoms with Gasteiger partial charge in [-0.2, -0.15) is 0 Å². The first kappa shape index (κ1) is 18.8. The average molecular weight is 407 g/mol. The van der Waals surface area contributed by atoms with Crippen molar-refractivity contribution in [3.8, 4) is 10.6 Å². The summed E-state index contributed by atoms with van der Waals surface area (Å²) in [5.41, 5.74) is 1.29. The number of thiazole rings is 1. The maximum absolute atomic E-state index is 12.5. The van der Waals surface area contributed by atoms with Crippen LogP contribution in [0.15, 0.2) is 57.6 Å². The highest BCUT2D eigenvalue weighted by molar-refractivity contribution is 7.13. The van der Waals surface area contributed by atoms with E-state index in [4.69, 9.17) is 0 Å². The molecule has 0 aliphatic carbocycles. The van der Waals surface area contributed by atoms with Crippen LogP contribution in [-0.4, -0.2) is 25.0 Å². The third-order valence-electron chi connectivity index (χ3n) is 4.56. The van der Waals surface area contributed by atoms with Crippen molar-refractivity contribution in [3.63, 3.8) is 0 Å². The van der Waals surface area contributed by atoms with Crippen LogP contribution in [0.2, 0.25) is 0 Å². The van der Waals surface area contributed by atoms with Crippen molar-refractivity contribution in [3.05, 3.63) is 80.1 Å². The van der Waals surface area contributed by atoms with E-state index in [2.05, 4.69) is 15.3 Å². The number of aromatic nitrogens is 4. The van der Waals surface area contributed by atoms with Crippen molar-refractivity contribution in [1.29, 1.82) is 0 Å². The second-order valence-corrected chi connectivity index (χ2v) is 7.35. The zero-order valence-electron chi connectivity index (χ0n) is 15.7. The van der Waals surface area contributed by atoms with Gasteiger partial charge < -0.3 is 5.32 Å². The molecule has 1 amide bonds. The Labute approximate surface area is 169 Å². The number of aryl methyl sites for hydroxylation is 1. The quantitative estimate of drug-likeness (QED) is 0.555. The number of benzene rings is 1. The number of fused-ring (bicyclic) bond motifs is 1. The minimum absolute atomic E-state index is 0.210. The Bertz CT molecular complexity index is 1340. The van der Waals surface area contributed by atoms with Crippen LogP contribution in [0.1, 0.15) is 16.1 Å². The Morgan fingerprint density at radius 2 is 1.90 bits per heavy atom. The fourth-order valence-corrected chi connectivity index (χ4v) is 3.79. The lowest BCUT2D eigenvalue weighted by Gasteiger charge is -2.08. The van der Waals surface area contributed by atoms with E-state index in [1.165, 1.54) is 42.3 Å². The number of carbonyl (C=O) groups is 1. The molecule has 0 atom stereocenters. The summed E-state index contributed by atoms with van der Waals surface area (Å²) in [7, 11) is 2.92. The normalized spacial score (nSPS) is 11.0. The van der Waals surface area contributed by atoms with Gasteiger partial charge in [0.1, 0.15) is 10.7 Å². The monoisotopic (exact) mass is 407 g/mol. The zero-order valence-corrected chi connectivity index (χ0v) is 16.6. The topological polar surface area (TPSA) is 98.9 Å². The van der Waals surface area contributed by atoms with Gasteiger partial charge in [-0.3, -0.25) is 18.7 Å². The third kappa shape index (κ3) is 3.47. The van der Waals surface area contributed by atoms with E-state index in [0.717, 1.165) is 20.8 Å². The van der Waals surface area contributed by atoms with Crippen LogP contribution in [-0.2, 0) is 20.6 Å². The fraction of sp³-hybridized carbons (Fsp3) is 0.150. The van der Waals surface area contributed by atoms with Crippen LogP contribution in [0.25, 0.3) is 21.6 Å². The summed E-state index contributed by atoms with van der Waals surface area (Å²) >= 11 is 1.51. The number of carbonyl (C=O) groups excluding carboxylic acids is 1. The highest BCUT2D eigenvalue weighted by Crippen LogP contribution is 2.23. The minimum atomic E-state index is -0.489. The maximum atomic E-state index is 12.5. The third-order valence-corrected chi connectivity index (χ3v) is 5.50. The second-order valence-electron chi connectivity index (χ2n) is 6.49. The van der Waals surface area contributed by atoms with Gasteiger partial charge in [0, 0.05) is 31.2 Å². The average Bonchev–Trinajstić information content (AvgIpc) is 3.24. The summed E-state index contributed by atoms with van der Waals surface area (Å²) in [6.07, 6.45) is 1.35. The van der Waals surface area contributed by atoms with Gasteiger partial charge in [-0.05, 0) is 6.07 Å². The Kier molecular flexibility index (Phi) is 4.81. The van der Waals surface area contributed by atoms with Crippen molar-refractivity contribution in [2.75, 3.05) is 0 Å². The summed E-state index contributed by atoms with van der Waals surface area (Å²) < 4.78 is 2.27. The molecule has 146 valence electrons. The molecule has 0 fully saturated rings. The van der Waals surface area contributed by atoms with Gasteiger partial charge >= 0.3 is 5.69 Å². The van der Waals surface area contributed by atoms with Crippen LogP contribution >= 0.6 is 11.3 Å². The van der Waals surface area contributed by atoms with Crippen LogP contribution in [0.5, 0.6) is 0 Å². The van der Waals surface area contributed by atoms with Crippen molar-refractivity contribution < 1.29 is 4.79 Å². The molecule has 0 aliphatic heterocycles. The van der Waals surface area contributed by atoms with Gasteiger partial charge in [0.2, 0.25) is 0 Å². The summed E-state index contributed by atoms with van der Waals surface area (Å²) in [5.74, 6) is -0.371. The lowest BCUT2D eigenvalue weighted by molar-refractivity contribution is 0.0950. The van der Waals surface area contributed by atoms with E-state index in [1.54, 1.807) is 0 Å². The predicted molar refractivity (Wildman–Crippen MR) is 111 cm³/mol. The minimum Gasteiger partial charge on any atom is -0.346 e. The molecule has 0 bridgehead atoms. The smallest absolute Gasteiger partial charge is 0.332 e. The molecule has 4 aromatic rings. The maximum Gasteiger partial charge on any atom is 0.332 e. The molecule has 0 unspecified atom stereocenters. The molecule has 29 heavy (non-hydrogen) atoms. The molecule has 0 radical (unpaired) electrons. The van der Waals surface area contributed by atoms with E-state index >= 15 is 0 Å². The Morgan fingerprint density at radius 1 is 1.14 bits per heavy atom. The second kappa shape index (κ2) is 7.44. The largest absolute Gasteiger partial charge is 0.346 e. The summed E-state index contributed by atoms with van der Waals surface area (Å²) in [5, 5.41) is 5.78. The predicted octanol–water partition coefficient (Wildman–Crippen LogP) is 1.69. The SMILES string of the molecule is Cn1c(=O)c2cc(C(=O)NCc3csc(-c4ccccc4)n3)cnc2n(C)c1=O. The van der Waals surface area contributed by atoms with E-state index in [9.17, 15) is 14.4 Å². The molecule has 0 aliphatic rings. The molecule has 3 heterocycles. The first-order valence-electron chi connectivity index (χ1n) is 8.79. The Morgan fingerprint density at radius 3 is 2.66 bits per heavy atom. The number of hydrogen-bond acceptors (Lipinski definition) is 6.